The first-order valence-electron chi connectivity index (χ1n) is 4.44. The van der Waals surface area contributed by atoms with Gasteiger partial charge in [0.1, 0.15) is 6.29 Å². The van der Waals surface area contributed by atoms with Gasteiger partial charge in [-0.2, -0.15) is 0 Å². The Balaban J connectivity index is 1.96. The average molecular weight is 156 g/mol. The molecule has 0 aromatic rings. The highest BCUT2D eigenvalue weighted by molar-refractivity contribution is 5.49. The van der Waals surface area contributed by atoms with Gasteiger partial charge in [0.15, 0.2) is 0 Å². The predicted octanol–water partition coefficient (Wildman–Crippen LogP) is 1.52. The summed E-state index contributed by atoms with van der Waals surface area (Å²) in [5.41, 5.74) is 0. The van der Waals surface area contributed by atoms with E-state index in [2.05, 4.69) is 0 Å². The molecule has 0 aromatic carbocycles. The topological polar surface area (TPSA) is 37.3 Å². The van der Waals surface area contributed by atoms with E-state index in [-0.39, 0.29) is 6.10 Å². The summed E-state index contributed by atoms with van der Waals surface area (Å²) in [6.45, 7) is 0. The summed E-state index contributed by atoms with van der Waals surface area (Å²) in [5.74, 6) is 0.844. The first-order chi connectivity index (χ1) is 5.33. The summed E-state index contributed by atoms with van der Waals surface area (Å²) in [7, 11) is 0. The minimum absolute atomic E-state index is 0.312. The minimum Gasteiger partial charge on any atom is -0.393 e. The second-order valence-electron chi connectivity index (χ2n) is 3.43. The van der Waals surface area contributed by atoms with Crippen LogP contribution in [-0.2, 0) is 4.79 Å². The summed E-state index contributed by atoms with van der Waals surface area (Å²) >= 11 is 0. The molecule has 1 fully saturated rings. The van der Waals surface area contributed by atoms with Crippen LogP contribution in [0.5, 0.6) is 0 Å². The van der Waals surface area contributed by atoms with E-state index >= 15 is 0 Å². The van der Waals surface area contributed by atoms with Crippen molar-refractivity contribution in [2.45, 2.75) is 44.6 Å². The fraction of sp³-hybridized carbons (Fsp3) is 0.889. The van der Waals surface area contributed by atoms with Crippen molar-refractivity contribution in [1.82, 2.24) is 0 Å². The molecule has 1 N–H and O–H groups in total. The molecule has 0 radical (unpaired) electrons. The van der Waals surface area contributed by atoms with E-state index in [9.17, 15) is 9.90 Å². The molecule has 1 atom stereocenters. The molecular formula is C9H16O2. The third-order valence-corrected chi connectivity index (χ3v) is 2.50. The smallest absolute Gasteiger partial charge is 0.122 e. The maximum atomic E-state index is 9.98. The van der Waals surface area contributed by atoms with Crippen LogP contribution in [0.3, 0.4) is 0 Å². The quantitative estimate of drug-likeness (QED) is 0.613. The Morgan fingerprint density at radius 1 is 1.55 bits per heavy atom. The molecule has 0 unspecified atom stereocenters. The molecule has 64 valence electrons. The van der Waals surface area contributed by atoms with Gasteiger partial charge in [-0.05, 0) is 18.8 Å². The number of hydrogen-bond acceptors (Lipinski definition) is 2. The zero-order valence-electron chi connectivity index (χ0n) is 6.83. The van der Waals surface area contributed by atoms with Gasteiger partial charge in [0.25, 0.3) is 0 Å². The number of hydrogen-bond donors (Lipinski definition) is 1. The highest BCUT2D eigenvalue weighted by Crippen LogP contribution is 2.30. The molecule has 1 saturated carbocycles. The normalized spacial score (nSPS) is 20.8. The second-order valence-corrected chi connectivity index (χ2v) is 3.43. The van der Waals surface area contributed by atoms with E-state index in [4.69, 9.17) is 0 Å². The summed E-state index contributed by atoms with van der Waals surface area (Å²) < 4.78 is 0. The van der Waals surface area contributed by atoms with Crippen molar-refractivity contribution in [3.63, 3.8) is 0 Å². The first-order valence-corrected chi connectivity index (χ1v) is 4.44. The highest BCUT2D eigenvalue weighted by atomic mass is 16.3. The van der Waals surface area contributed by atoms with Gasteiger partial charge in [-0.1, -0.05) is 19.3 Å². The largest absolute Gasteiger partial charge is 0.393 e. The lowest BCUT2D eigenvalue weighted by Crippen LogP contribution is -2.15. The zero-order chi connectivity index (χ0) is 8.10. The lowest BCUT2D eigenvalue weighted by atomic mass is 9.81. The SMILES string of the molecule is O=CC[C@H](O)CCC1CCC1. The van der Waals surface area contributed by atoms with E-state index in [0.717, 1.165) is 25.0 Å². The molecule has 0 heterocycles. The van der Waals surface area contributed by atoms with Gasteiger partial charge < -0.3 is 9.90 Å². The molecule has 0 aromatic heterocycles. The Bertz CT molecular complexity index is 119. The number of rotatable bonds is 5. The van der Waals surface area contributed by atoms with Crippen LogP contribution < -0.4 is 0 Å². The van der Waals surface area contributed by atoms with Gasteiger partial charge in [0, 0.05) is 6.42 Å². The van der Waals surface area contributed by atoms with Crippen LogP contribution in [0.2, 0.25) is 0 Å². The van der Waals surface area contributed by atoms with Crippen molar-refractivity contribution >= 4 is 6.29 Å². The number of aliphatic hydroxyl groups is 1. The van der Waals surface area contributed by atoms with Crippen molar-refractivity contribution in [2.24, 2.45) is 5.92 Å². The Labute approximate surface area is 67.6 Å². The van der Waals surface area contributed by atoms with Gasteiger partial charge in [0.2, 0.25) is 0 Å². The van der Waals surface area contributed by atoms with Gasteiger partial charge >= 0.3 is 0 Å². The molecule has 0 bridgehead atoms. The van der Waals surface area contributed by atoms with Crippen molar-refractivity contribution in [2.75, 3.05) is 0 Å². The van der Waals surface area contributed by atoms with Crippen LogP contribution in [-0.4, -0.2) is 17.5 Å². The molecule has 0 saturated heterocycles. The van der Waals surface area contributed by atoms with Gasteiger partial charge in [-0.3, -0.25) is 0 Å². The molecular weight excluding hydrogens is 140 g/mol. The molecule has 0 aliphatic heterocycles. The number of carbonyl (C=O) groups excluding carboxylic acids is 1. The lowest BCUT2D eigenvalue weighted by Gasteiger charge is -2.25. The first kappa shape index (κ1) is 8.72. The van der Waals surface area contributed by atoms with Gasteiger partial charge in [-0.15, -0.1) is 0 Å². The predicted molar refractivity (Wildman–Crippen MR) is 43.3 cm³/mol. The van der Waals surface area contributed by atoms with Crippen molar-refractivity contribution in [3.8, 4) is 0 Å². The number of aldehydes is 1. The van der Waals surface area contributed by atoms with Crippen LogP contribution in [0.25, 0.3) is 0 Å². The Kier molecular flexibility index (Phi) is 3.57. The minimum atomic E-state index is -0.381. The molecule has 2 nitrogen and oxygen atoms in total. The van der Waals surface area contributed by atoms with Crippen LogP contribution in [0.15, 0.2) is 0 Å². The molecule has 2 heteroatoms. The number of carbonyl (C=O) groups is 1. The third kappa shape index (κ3) is 3.02. The standard InChI is InChI=1S/C9H16O2/c10-7-6-9(11)5-4-8-2-1-3-8/h7-9,11H,1-6H2/t9-/m1/s1. The van der Waals surface area contributed by atoms with Crippen molar-refractivity contribution < 1.29 is 9.90 Å². The van der Waals surface area contributed by atoms with E-state index < -0.39 is 0 Å². The molecule has 11 heavy (non-hydrogen) atoms. The van der Waals surface area contributed by atoms with Crippen molar-refractivity contribution in [1.29, 1.82) is 0 Å². The lowest BCUT2D eigenvalue weighted by molar-refractivity contribution is -0.109. The molecule has 1 rings (SSSR count). The molecule has 1 aliphatic rings. The zero-order valence-corrected chi connectivity index (χ0v) is 6.83. The Morgan fingerprint density at radius 3 is 2.73 bits per heavy atom. The van der Waals surface area contributed by atoms with E-state index in [1.165, 1.54) is 19.3 Å². The maximum absolute atomic E-state index is 9.98. The van der Waals surface area contributed by atoms with Gasteiger partial charge in [0.05, 0.1) is 6.10 Å². The number of aliphatic hydroxyl groups excluding tert-OH is 1. The van der Waals surface area contributed by atoms with Crippen LogP contribution in [0.1, 0.15) is 38.5 Å². The third-order valence-electron chi connectivity index (χ3n) is 2.50. The summed E-state index contributed by atoms with van der Waals surface area (Å²) in [6.07, 6.45) is 6.65. The van der Waals surface area contributed by atoms with E-state index in [0.29, 0.717) is 6.42 Å². The molecule has 0 amide bonds. The van der Waals surface area contributed by atoms with Crippen LogP contribution >= 0.6 is 0 Å². The molecule has 0 spiro atoms. The van der Waals surface area contributed by atoms with Crippen LogP contribution in [0.4, 0.5) is 0 Å². The fourth-order valence-corrected chi connectivity index (χ4v) is 1.44. The summed E-state index contributed by atoms with van der Waals surface area (Å²) in [6, 6.07) is 0. The van der Waals surface area contributed by atoms with E-state index in [1.807, 2.05) is 0 Å². The fourth-order valence-electron chi connectivity index (χ4n) is 1.44. The van der Waals surface area contributed by atoms with Gasteiger partial charge in [-0.25, -0.2) is 0 Å². The maximum Gasteiger partial charge on any atom is 0.122 e. The monoisotopic (exact) mass is 156 g/mol. The second kappa shape index (κ2) is 4.50. The summed E-state index contributed by atoms with van der Waals surface area (Å²) in [5, 5.41) is 9.19. The Morgan fingerprint density at radius 2 is 2.27 bits per heavy atom. The Hall–Kier alpha value is -0.370. The summed E-state index contributed by atoms with van der Waals surface area (Å²) in [4.78, 5) is 9.98. The van der Waals surface area contributed by atoms with Crippen LogP contribution in [0, 0.1) is 5.92 Å². The average Bonchev–Trinajstić information content (AvgIpc) is 1.85. The molecule has 1 aliphatic carbocycles. The van der Waals surface area contributed by atoms with Crippen molar-refractivity contribution in [3.05, 3.63) is 0 Å². The highest BCUT2D eigenvalue weighted by Gasteiger charge is 2.17. The van der Waals surface area contributed by atoms with E-state index in [1.54, 1.807) is 0 Å².